The summed E-state index contributed by atoms with van der Waals surface area (Å²) in [7, 11) is 1.63. The van der Waals surface area contributed by atoms with Gasteiger partial charge in [0.05, 0.1) is 13.0 Å². The summed E-state index contributed by atoms with van der Waals surface area (Å²) in [6, 6.07) is 11.4. The van der Waals surface area contributed by atoms with E-state index in [9.17, 15) is 4.79 Å². The summed E-state index contributed by atoms with van der Waals surface area (Å²) in [5.74, 6) is -0.490. The molecule has 2 aromatic rings. The molecule has 0 saturated heterocycles. The molecule has 0 saturated carbocycles. The Hall–Kier alpha value is -2.15. The largest absolute Gasteiger partial charge is 0.497 e. The number of carbonyl (C=O) groups is 1. The molecule has 0 amide bonds. The van der Waals surface area contributed by atoms with Crippen LogP contribution in [0.1, 0.15) is 18.4 Å². The van der Waals surface area contributed by atoms with Gasteiger partial charge in [0, 0.05) is 0 Å². The average Bonchev–Trinajstić information content (AvgIpc) is 2.36. The molecule has 0 fully saturated rings. The number of carboxylic acid groups (broad SMARTS) is 1. The average molecular weight is 284 g/mol. The summed E-state index contributed by atoms with van der Waals surface area (Å²) in [5, 5.41) is 11.0. The van der Waals surface area contributed by atoms with Crippen molar-refractivity contribution in [2.75, 3.05) is 7.11 Å². The molecule has 6 heteroatoms. The quantitative estimate of drug-likeness (QED) is 0.879. The van der Waals surface area contributed by atoms with Crippen LogP contribution in [0.25, 0.3) is 10.8 Å². The number of rotatable bonds is 3. The van der Waals surface area contributed by atoms with Gasteiger partial charge in [0.2, 0.25) is 0 Å². The number of fused-ring (bicyclic) bond motifs is 1. The molecule has 2 rings (SSSR count). The second-order valence-electron chi connectivity index (χ2n) is 4.03. The molecule has 1 unspecified atom stereocenters. The summed E-state index contributed by atoms with van der Waals surface area (Å²) < 4.78 is 5.14. The molecule has 20 heavy (non-hydrogen) atoms. The topological polar surface area (TPSA) is 141 Å². The lowest BCUT2D eigenvalue weighted by Crippen LogP contribution is -2.06. The summed E-state index contributed by atoms with van der Waals surface area (Å²) in [4.78, 5) is 10.9. The van der Waals surface area contributed by atoms with E-state index in [0.717, 1.165) is 22.1 Å². The maximum atomic E-state index is 10.9. The molecule has 0 aliphatic heterocycles. The molecule has 7 N–H and O–H groups in total. The van der Waals surface area contributed by atoms with E-state index in [2.05, 4.69) is 0 Å². The van der Waals surface area contributed by atoms with E-state index in [4.69, 9.17) is 9.84 Å². The Labute approximate surface area is 116 Å². The highest BCUT2D eigenvalue weighted by Crippen LogP contribution is 2.25. The van der Waals surface area contributed by atoms with Crippen molar-refractivity contribution >= 4 is 16.7 Å². The van der Waals surface area contributed by atoms with Gasteiger partial charge in [-0.2, -0.15) is 0 Å². The van der Waals surface area contributed by atoms with Crippen LogP contribution in [0, 0.1) is 0 Å². The van der Waals surface area contributed by atoms with Gasteiger partial charge in [-0.1, -0.05) is 24.3 Å². The molecular formula is C14H20O6. The third-order valence-electron chi connectivity index (χ3n) is 2.94. The van der Waals surface area contributed by atoms with Gasteiger partial charge in [0.1, 0.15) is 5.75 Å². The Morgan fingerprint density at radius 3 is 2.15 bits per heavy atom. The number of hydrogen-bond donors (Lipinski definition) is 1. The van der Waals surface area contributed by atoms with Gasteiger partial charge in [-0.15, -0.1) is 0 Å². The molecule has 2 aromatic carbocycles. The number of ether oxygens (including phenoxy) is 1. The first-order valence-electron chi connectivity index (χ1n) is 5.42. The van der Waals surface area contributed by atoms with Crippen LogP contribution in [0.15, 0.2) is 36.4 Å². The third kappa shape index (κ3) is 3.92. The second kappa shape index (κ2) is 8.11. The number of hydrogen-bond acceptors (Lipinski definition) is 2. The molecule has 1 atom stereocenters. The molecule has 0 aliphatic rings. The van der Waals surface area contributed by atoms with Crippen molar-refractivity contribution < 1.29 is 31.1 Å². The predicted octanol–water partition coefficient (Wildman–Crippen LogP) is 0.562. The van der Waals surface area contributed by atoms with Crippen molar-refractivity contribution in [2.24, 2.45) is 0 Å². The van der Waals surface area contributed by atoms with Gasteiger partial charge in [0.25, 0.3) is 0 Å². The van der Waals surface area contributed by atoms with E-state index in [1.807, 2.05) is 36.4 Å². The summed E-state index contributed by atoms with van der Waals surface area (Å²) >= 11 is 0. The molecule has 0 heterocycles. The zero-order valence-electron chi connectivity index (χ0n) is 11.3. The zero-order chi connectivity index (χ0) is 12.4. The Kier molecular flexibility index (Phi) is 8.18. The lowest BCUT2D eigenvalue weighted by atomic mass is 9.98. The van der Waals surface area contributed by atoms with E-state index < -0.39 is 11.9 Å². The maximum Gasteiger partial charge on any atom is 0.310 e. The second-order valence-corrected chi connectivity index (χ2v) is 4.03. The fourth-order valence-electron chi connectivity index (χ4n) is 1.78. The van der Waals surface area contributed by atoms with Gasteiger partial charge in [-0.05, 0) is 35.4 Å². The van der Waals surface area contributed by atoms with Crippen LogP contribution >= 0.6 is 0 Å². The first kappa shape index (κ1) is 20.2. The monoisotopic (exact) mass is 284 g/mol. The fourth-order valence-corrected chi connectivity index (χ4v) is 1.78. The number of methoxy groups -OCH3 is 1. The van der Waals surface area contributed by atoms with E-state index in [0.29, 0.717) is 0 Å². The fraction of sp³-hybridized carbons (Fsp3) is 0.214. The highest BCUT2D eigenvalue weighted by molar-refractivity contribution is 5.86. The minimum absolute atomic E-state index is 0. The van der Waals surface area contributed by atoms with Gasteiger partial charge in [-0.25, -0.2) is 0 Å². The highest BCUT2D eigenvalue weighted by Gasteiger charge is 2.13. The van der Waals surface area contributed by atoms with Gasteiger partial charge in [0.15, 0.2) is 0 Å². The van der Waals surface area contributed by atoms with Gasteiger partial charge >= 0.3 is 5.97 Å². The number of benzene rings is 2. The van der Waals surface area contributed by atoms with E-state index >= 15 is 0 Å². The predicted molar refractivity (Wildman–Crippen MR) is 77.4 cm³/mol. The molecule has 6 nitrogen and oxygen atoms in total. The van der Waals surface area contributed by atoms with E-state index in [1.54, 1.807) is 14.0 Å². The van der Waals surface area contributed by atoms with Crippen LogP contribution in [0.5, 0.6) is 5.75 Å². The SMILES string of the molecule is COc1ccc2cc(C(C)C(=O)O)ccc2c1.O.O.O. The summed E-state index contributed by atoms with van der Waals surface area (Å²) in [6.45, 7) is 1.69. The van der Waals surface area contributed by atoms with Crippen LogP contribution in [-0.2, 0) is 4.79 Å². The normalized spacial score (nSPS) is 10.5. The standard InChI is InChI=1S/C14H14O3.3H2O/c1-9(14(15)16)10-3-4-12-8-13(17-2)6-5-11(12)7-10;;;/h3-9H,1-2H3,(H,15,16);3*1H2. The van der Waals surface area contributed by atoms with E-state index in [-0.39, 0.29) is 16.4 Å². The molecule has 0 aromatic heterocycles. The Morgan fingerprint density at radius 2 is 1.60 bits per heavy atom. The van der Waals surface area contributed by atoms with Crippen molar-refractivity contribution in [2.45, 2.75) is 12.8 Å². The Balaban J connectivity index is 0. The Bertz CT molecular complexity index is 567. The van der Waals surface area contributed by atoms with Gasteiger partial charge in [-0.3, -0.25) is 4.79 Å². The van der Waals surface area contributed by atoms with Crippen molar-refractivity contribution in [3.8, 4) is 5.75 Å². The van der Waals surface area contributed by atoms with E-state index in [1.165, 1.54) is 0 Å². The molecule has 0 spiro atoms. The lowest BCUT2D eigenvalue weighted by molar-refractivity contribution is -0.138. The van der Waals surface area contributed by atoms with Crippen LogP contribution in [0.2, 0.25) is 0 Å². The third-order valence-corrected chi connectivity index (χ3v) is 2.94. The van der Waals surface area contributed by atoms with Gasteiger partial charge < -0.3 is 26.3 Å². The first-order chi connectivity index (χ1) is 8.11. The van der Waals surface area contributed by atoms with Crippen molar-refractivity contribution in [3.05, 3.63) is 42.0 Å². The summed E-state index contributed by atoms with van der Waals surface area (Å²) in [5.41, 5.74) is 0.815. The number of aliphatic carboxylic acids is 1. The number of carboxylic acids is 1. The van der Waals surface area contributed by atoms with Crippen molar-refractivity contribution in [1.82, 2.24) is 0 Å². The van der Waals surface area contributed by atoms with Crippen LogP contribution in [0.4, 0.5) is 0 Å². The summed E-state index contributed by atoms with van der Waals surface area (Å²) in [6.07, 6.45) is 0. The van der Waals surface area contributed by atoms with Crippen molar-refractivity contribution in [3.63, 3.8) is 0 Å². The minimum atomic E-state index is -0.808. The highest BCUT2D eigenvalue weighted by atomic mass is 16.5. The molecule has 0 aliphatic carbocycles. The lowest BCUT2D eigenvalue weighted by Gasteiger charge is -2.08. The minimum Gasteiger partial charge on any atom is -0.497 e. The van der Waals surface area contributed by atoms with Crippen LogP contribution in [-0.4, -0.2) is 34.6 Å². The van der Waals surface area contributed by atoms with Crippen molar-refractivity contribution in [1.29, 1.82) is 0 Å². The van der Waals surface area contributed by atoms with Crippen LogP contribution < -0.4 is 4.74 Å². The zero-order valence-corrected chi connectivity index (χ0v) is 11.3. The molecule has 112 valence electrons. The van der Waals surface area contributed by atoms with Crippen LogP contribution in [0.3, 0.4) is 0 Å². The smallest absolute Gasteiger partial charge is 0.310 e. The maximum absolute atomic E-state index is 10.9. The molecular weight excluding hydrogens is 264 g/mol. The first-order valence-corrected chi connectivity index (χ1v) is 5.42. The molecule has 0 bridgehead atoms. The Morgan fingerprint density at radius 1 is 1.05 bits per heavy atom. The molecule has 0 radical (unpaired) electrons.